The molecule has 0 bridgehead atoms. The summed E-state index contributed by atoms with van der Waals surface area (Å²) >= 11 is 0. The van der Waals surface area contributed by atoms with Crippen molar-refractivity contribution in [3.63, 3.8) is 0 Å². The first-order chi connectivity index (χ1) is 9.16. The standard InChI is InChI=1S/C14H15NO4/c16-13(10-7-11(10)14(17)18)15-5-6-19-12-4-2-1-3-9(12)8-15/h1-4,10-11H,5-8H2,(H,17,18)/t10-,11+/m0/s1. The molecule has 1 heterocycles. The number of hydrogen-bond donors (Lipinski definition) is 1. The van der Waals surface area contributed by atoms with Crippen molar-refractivity contribution in [3.05, 3.63) is 29.8 Å². The molecule has 100 valence electrons. The molecule has 0 saturated heterocycles. The van der Waals surface area contributed by atoms with Crippen molar-refractivity contribution >= 4 is 11.9 Å². The number of amides is 1. The lowest BCUT2D eigenvalue weighted by molar-refractivity contribution is -0.142. The first kappa shape index (κ1) is 12.0. The first-order valence-electron chi connectivity index (χ1n) is 6.39. The van der Waals surface area contributed by atoms with E-state index in [2.05, 4.69) is 0 Å². The van der Waals surface area contributed by atoms with E-state index in [9.17, 15) is 9.59 Å². The number of carboxylic acids is 1. The number of carboxylic acid groups (broad SMARTS) is 1. The van der Waals surface area contributed by atoms with Gasteiger partial charge in [0.2, 0.25) is 5.91 Å². The predicted octanol–water partition coefficient (Wildman–Crippen LogP) is 1.13. The molecule has 0 unspecified atom stereocenters. The van der Waals surface area contributed by atoms with E-state index in [0.29, 0.717) is 26.1 Å². The van der Waals surface area contributed by atoms with Crippen LogP contribution in [0.4, 0.5) is 0 Å². The van der Waals surface area contributed by atoms with E-state index >= 15 is 0 Å². The molecular formula is C14H15NO4. The lowest BCUT2D eigenvalue weighted by Gasteiger charge is -2.19. The minimum absolute atomic E-state index is 0.0623. The maximum absolute atomic E-state index is 12.2. The lowest BCUT2D eigenvalue weighted by atomic mass is 10.2. The lowest BCUT2D eigenvalue weighted by Crippen LogP contribution is -2.34. The molecule has 1 amide bonds. The summed E-state index contributed by atoms with van der Waals surface area (Å²) in [6.07, 6.45) is 0.465. The van der Waals surface area contributed by atoms with Gasteiger partial charge in [0.1, 0.15) is 12.4 Å². The molecule has 5 nitrogen and oxygen atoms in total. The van der Waals surface area contributed by atoms with Crippen molar-refractivity contribution in [2.45, 2.75) is 13.0 Å². The normalized spacial score (nSPS) is 24.9. The highest BCUT2D eigenvalue weighted by Gasteiger charge is 2.49. The van der Waals surface area contributed by atoms with Crippen LogP contribution in [0.15, 0.2) is 24.3 Å². The van der Waals surface area contributed by atoms with E-state index in [1.165, 1.54) is 0 Å². The number of rotatable bonds is 2. The van der Waals surface area contributed by atoms with E-state index in [0.717, 1.165) is 11.3 Å². The highest BCUT2D eigenvalue weighted by atomic mass is 16.5. The molecule has 3 rings (SSSR count). The van der Waals surface area contributed by atoms with Crippen molar-refractivity contribution in [1.82, 2.24) is 4.90 Å². The second-order valence-corrected chi connectivity index (χ2v) is 5.00. The topological polar surface area (TPSA) is 66.8 Å². The van der Waals surface area contributed by atoms with Crippen LogP contribution in [0.3, 0.4) is 0 Å². The third-order valence-electron chi connectivity index (χ3n) is 3.69. The molecule has 5 heteroatoms. The summed E-state index contributed by atoms with van der Waals surface area (Å²) in [5.74, 6) is -0.962. The molecule has 2 aliphatic rings. The molecular weight excluding hydrogens is 246 g/mol. The van der Waals surface area contributed by atoms with E-state index in [-0.39, 0.29) is 11.8 Å². The Labute approximate surface area is 110 Å². The Morgan fingerprint density at radius 3 is 2.79 bits per heavy atom. The maximum atomic E-state index is 12.2. The Morgan fingerprint density at radius 2 is 2.05 bits per heavy atom. The van der Waals surface area contributed by atoms with Gasteiger partial charge in [0.05, 0.1) is 18.4 Å². The SMILES string of the molecule is O=C(O)[C@@H]1C[C@@H]1C(=O)N1CCOc2ccccc2C1. The van der Waals surface area contributed by atoms with Gasteiger partial charge in [-0.25, -0.2) is 0 Å². The highest BCUT2D eigenvalue weighted by Crippen LogP contribution is 2.40. The van der Waals surface area contributed by atoms with Crippen LogP contribution < -0.4 is 4.74 Å². The number of benzene rings is 1. The quantitative estimate of drug-likeness (QED) is 0.866. The number of hydrogen-bond acceptors (Lipinski definition) is 3. The third-order valence-corrected chi connectivity index (χ3v) is 3.69. The monoisotopic (exact) mass is 261 g/mol. The molecule has 2 atom stereocenters. The molecule has 1 aliphatic carbocycles. The van der Waals surface area contributed by atoms with Crippen LogP contribution in [0.5, 0.6) is 5.75 Å². The van der Waals surface area contributed by atoms with Crippen molar-refractivity contribution in [1.29, 1.82) is 0 Å². The summed E-state index contributed by atoms with van der Waals surface area (Å²) in [5, 5.41) is 8.89. The molecule has 0 radical (unpaired) electrons. The average molecular weight is 261 g/mol. The number of fused-ring (bicyclic) bond motifs is 1. The van der Waals surface area contributed by atoms with Crippen molar-refractivity contribution < 1.29 is 19.4 Å². The van der Waals surface area contributed by atoms with Gasteiger partial charge >= 0.3 is 5.97 Å². The molecule has 1 saturated carbocycles. The molecule has 1 aromatic carbocycles. The molecule has 1 aromatic rings. The molecule has 1 N–H and O–H groups in total. The number of para-hydroxylation sites is 1. The highest BCUT2D eigenvalue weighted by molar-refractivity contribution is 5.89. The first-order valence-corrected chi connectivity index (χ1v) is 6.39. The molecule has 19 heavy (non-hydrogen) atoms. The van der Waals surface area contributed by atoms with E-state index in [1.54, 1.807) is 4.90 Å². The maximum Gasteiger partial charge on any atom is 0.307 e. The Morgan fingerprint density at radius 1 is 1.26 bits per heavy atom. The van der Waals surface area contributed by atoms with E-state index < -0.39 is 11.9 Å². The summed E-state index contributed by atoms with van der Waals surface area (Å²) in [4.78, 5) is 24.8. The number of ether oxygens (including phenoxy) is 1. The van der Waals surface area contributed by atoms with Crippen LogP contribution in [0.1, 0.15) is 12.0 Å². The second-order valence-electron chi connectivity index (χ2n) is 5.00. The average Bonchev–Trinajstić information content (AvgIpc) is 3.20. The zero-order valence-electron chi connectivity index (χ0n) is 10.4. The van der Waals surface area contributed by atoms with Gasteiger partial charge in [0, 0.05) is 12.1 Å². The Kier molecular flexibility index (Phi) is 2.89. The van der Waals surface area contributed by atoms with Crippen molar-refractivity contribution in [2.24, 2.45) is 11.8 Å². The van der Waals surface area contributed by atoms with Crippen LogP contribution in [-0.2, 0) is 16.1 Å². The van der Waals surface area contributed by atoms with Gasteiger partial charge in [-0.2, -0.15) is 0 Å². The predicted molar refractivity (Wildman–Crippen MR) is 66.6 cm³/mol. The largest absolute Gasteiger partial charge is 0.491 e. The minimum atomic E-state index is -0.871. The summed E-state index contributed by atoms with van der Waals surface area (Å²) < 4.78 is 5.59. The second kappa shape index (κ2) is 4.57. The Hall–Kier alpha value is -2.04. The van der Waals surface area contributed by atoms with Crippen LogP contribution in [0.2, 0.25) is 0 Å². The van der Waals surface area contributed by atoms with Gasteiger partial charge in [0.25, 0.3) is 0 Å². The number of nitrogens with zero attached hydrogens (tertiary/aromatic N) is 1. The van der Waals surface area contributed by atoms with E-state index in [1.807, 2.05) is 24.3 Å². The number of carbonyl (C=O) groups is 2. The van der Waals surface area contributed by atoms with Gasteiger partial charge < -0.3 is 14.7 Å². The third kappa shape index (κ3) is 2.28. The van der Waals surface area contributed by atoms with Gasteiger partial charge in [-0.3, -0.25) is 9.59 Å². The van der Waals surface area contributed by atoms with Crippen molar-refractivity contribution in [2.75, 3.05) is 13.2 Å². The van der Waals surface area contributed by atoms with Gasteiger partial charge in [-0.15, -0.1) is 0 Å². The van der Waals surface area contributed by atoms with Gasteiger partial charge in [0.15, 0.2) is 0 Å². The van der Waals surface area contributed by atoms with Crippen LogP contribution in [0, 0.1) is 11.8 Å². The van der Waals surface area contributed by atoms with Crippen molar-refractivity contribution in [3.8, 4) is 5.75 Å². The zero-order valence-corrected chi connectivity index (χ0v) is 10.4. The Balaban J connectivity index is 1.73. The molecule has 0 spiro atoms. The van der Waals surface area contributed by atoms with Gasteiger partial charge in [-0.05, 0) is 12.5 Å². The summed E-state index contributed by atoms with van der Waals surface area (Å²) in [5.41, 5.74) is 0.973. The van der Waals surface area contributed by atoms with Crippen LogP contribution in [-0.4, -0.2) is 35.0 Å². The molecule has 0 aromatic heterocycles. The summed E-state index contributed by atoms with van der Waals surface area (Å²) in [6, 6.07) is 7.63. The Bertz CT molecular complexity index is 528. The molecule has 1 fully saturated rings. The fourth-order valence-electron chi connectivity index (χ4n) is 2.49. The van der Waals surface area contributed by atoms with E-state index in [4.69, 9.17) is 9.84 Å². The van der Waals surface area contributed by atoms with Crippen LogP contribution in [0.25, 0.3) is 0 Å². The number of carbonyl (C=O) groups excluding carboxylic acids is 1. The fourth-order valence-corrected chi connectivity index (χ4v) is 2.49. The zero-order chi connectivity index (χ0) is 13.4. The summed E-state index contributed by atoms with van der Waals surface area (Å²) in [6.45, 7) is 1.46. The summed E-state index contributed by atoms with van der Waals surface area (Å²) in [7, 11) is 0. The smallest absolute Gasteiger partial charge is 0.307 e. The van der Waals surface area contributed by atoms with Crippen LogP contribution >= 0.6 is 0 Å². The van der Waals surface area contributed by atoms with Gasteiger partial charge in [-0.1, -0.05) is 18.2 Å². The minimum Gasteiger partial charge on any atom is -0.491 e. The fraction of sp³-hybridized carbons (Fsp3) is 0.429. The molecule has 1 aliphatic heterocycles. The number of aliphatic carboxylic acids is 1.